The lowest BCUT2D eigenvalue weighted by molar-refractivity contribution is -0.385. The second-order valence-electron chi connectivity index (χ2n) is 7.24. The van der Waals surface area contributed by atoms with Gasteiger partial charge in [-0.15, -0.1) is 0 Å². The van der Waals surface area contributed by atoms with Crippen molar-refractivity contribution in [2.75, 3.05) is 5.32 Å². The van der Waals surface area contributed by atoms with Crippen LogP contribution in [0.15, 0.2) is 48.5 Å². The number of halogens is 8. The van der Waals surface area contributed by atoms with Gasteiger partial charge in [0, 0.05) is 17.8 Å². The van der Waals surface area contributed by atoms with Gasteiger partial charge in [-0.25, -0.2) is 8.78 Å². The van der Waals surface area contributed by atoms with E-state index in [9.17, 15) is 60.1 Å². The first-order valence-corrected chi connectivity index (χ1v) is 9.52. The average Bonchev–Trinajstić information content (AvgIpc) is 2.76. The van der Waals surface area contributed by atoms with Crippen molar-refractivity contribution in [3.05, 3.63) is 97.1 Å². The van der Waals surface area contributed by atoms with Crippen LogP contribution in [0, 0.1) is 31.9 Å². The molecule has 0 aliphatic carbocycles. The summed E-state index contributed by atoms with van der Waals surface area (Å²) in [7, 11) is 0. The highest BCUT2D eigenvalue weighted by atomic mass is 19.4. The molecule has 0 aliphatic heterocycles. The SMILES string of the molecule is O=C(Nc1ccc(-c2ccc([N+](=O)[O-])cc2C(F)(F)F)c(C(F)(F)F)c1)c1c(F)cc([N+](=O)[O-])cc1F. The van der Waals surface area contributed by atoms with Crippen LogP contribution >= 0.6 is 0 Å². The Morgan fingerprint density at radius 2 is 1.16 bits per heavy atom. The minimum absolute atomic E-state index is 0.0608. The summed E-state index contributed by atoms with van der Waals surface area (Å²) >= 11 is 0. The number of nitrogens with zero attached hydrogens (tertiary/aromatic N) is 2. The summed E-state index contributed by atoms with van der Waals surface area (Å²) in [6, 6.07) is 2.93. The van der Waals surface area contributed by atoms with Gasteiger partial charge in [-0.1, -0.05) is 6.07 Å². The zero-order valence-electron chi connectivity index (χ0n) is 17.6. The van der Waals surface area contributed by atoms with Crippen LogP contribution < -0.4 is 5.32 Å². The van der Waals surface area contributed by atoms with Gasteiger partial charge in [-0.2, -0.15) is 26.3 Å². The highest BCUT2D eigenvalue weighted by Crippen LogP contribution is 2.44. The van der Waals surface area contributed by atoms with E-state index in [4.69, 9.17) is 0 Å². The number of alkyl halides is 6. The molecule has 0 fully saturated rings. The summed E-state index contributed by atoms with van der Waals surface area (Å²) in [4.78, 5) is 31.5. The minimum atomic E-state index is -5.31. The van der Waals surface area contributed by atoms with Gasteiger partial charge in [0.05, 0.1) is 33.1 Å². The molecule has 0 unspecified atom stereocenters. The number of nitro groups is 2. The Labute approximate surface area is 199 Å². The summed E-state index contributed by atoms with van der Waals surface area (Å²) in [6.45, 7) is 0. The molecule has 0 saturated carbocycles. The second-order valence-corrected chi connectivity index (χ2v) is 7.24. The van der Waals surface area contributed by atoms with Crippen LogP contribution in [0.2, 0.25) is 0 Å². The van der Waals surface area contributed by atoms with E-state index in [1.54, 1.807) is 5.32 Å². The molecule has 0 radical (unpaired) electrons. The number of rotatable bonds is 5. The molecule has 3 rings (SSSR count). The van der Waals surface area contributed by atoms with Crippen molar-refractivity contribution in [1.82, 2.24) is 0 Å². The van der Waals surface area contributed by atoms with Gasteiger partial charge >= 0.3 is 12.4 Å². The van der Waals surface area contributed by atoms with Crippen LogP contribution in [0.25, 0.3) is 11.1 Å². The largest absolute Gasteiger partial charge is 0.417 e. The molecule has 0 aromatic heterocycles. The summed E-state index contributed by atoms with van der Waals surface area (Å²) in [5.41, 5.74) is -9.74. The highest BCUT2D eigenvalue weighted by Gasteiger charge is 2.39. The Balaban J connectivity index is 2.11. The first kappa shape index (κ1) is 27.0. The van der Waals surface area contributed by atoms with Crippen LogP contribution in [0.3, 0.4) is 0 Å². The summed E-state index contributed by atoms with van der Waals surface area (Å²) in [5, 5.41) is 23.3. The van der Waals surface area contributed by atoms with Crippen LogP contribution in [0.4, 0.5) is 52.2 Å². The Bertz CT molecular complexity index is 1410. The van der Waals surface area contributed by atoms with E-state index >= 15 is 0 Å². The summed E-state index contributed by atoms with van der Waals surface area (Å²) in [5.74, 6) is -5.03. The third-order valence-corrected chi connectivity index (χ3v) is 4.86. The topological polar surface area (TPSA) is 115 Å². The predicted molar refractivity (Wildman–Crippen MR) is 110 cm³/mol. The molecule has 0 heterocycles. The monoisotopic (exact) mass is 535 g/mol. The number of benzene rings is 3. The Morgan fingerprint density at radius 3 is 1.62 bits per heavy atom. The van der Waals surface area contributed by atoms with Gasteiger partial charge < -0.3 is 5.32 Å². The molecule has 8 nitrogen and oxygen atoms in total. The van der Waals surface area contributed by atoms with Crippen LogP contribution in [0.5, 0.6) is 0 Å². The molecule has 1 amide bonds. The maximum Gasteiger partial charge on any atom is 0.417 e. The number of amides is 1. The van der Waals surface area contributed by atoms with E-state index < -0.39 is 84.6 Å². The number of hydrogen-bond donors (Lipinski definition) is 1. The fourth-order valence-corrected chi connectivity index (χ4v) is 3.28. The van der Waals surface area contributed by atoms with Crippen LogP contribution in [-0.2, 0) is 12.4 Å². The molecular weight excluding hydrogens is 526 g/mol. The van der Waals surface area contributed by atoms with Gasteiger partial charge in [-0.05, 0) is 29.3 Å². The Morgan fingerprint density at radius 1 is 0.703 bits per heavy atom. The molecule has 3 aromatic rings. The van der Waals surface area contributed by atoms with Crippen molar-refractivity contribution < 1.29 is 49.8 Å². The van der Waals surface area contributed by atoms with Gasteiger partial charge in [0.15, 0.2) is 0 Å². The zero-order valence-corrected chi connectivity index (χ0v) is 17.6. The molecule has 0 bridgehead atoms. The summed E-state index contributed by atoms with van der Waals surface area (Å²) < 4.78 is 110. The maximum atomic E-state index is 14.1. The predicted octanol–water partition coefficient (Wildman–Crippen LogP) is 6.74. The fourth-order valence-electron chi connectivity index (χ4n) is 3.28. The molecule has 0 aliphatic rings. The highest BCUT2D eigenvalue weighted by molar-refractivity contribution is 6.05. The van der Waals surface area contributed by atoms with Crippen molar-refractivity contribution in [2.45, 2.75) is 12.4 Å². The van der Waals surface area contributed by atoms with Crippen molar-refractivity contribution in [3.8, 4) is 11.1 Å². The van der Waals surface area contributed by atoms with Gasteiger partial charge in [0.25, 0.3) is 17.3 Å². The lowest BCUT2D eigenvalue weighted by Gasteiger charge is -2.18. The molecule has 0 saturated heterocycles. The average molecular weight is 535 g/mol. The van der Waals surface area contributed by atoms with Gasteiger partial charge in [-0.3, -0.25) is 25.0 Å². The molecule has 1 N–H and O–H groups in total. The molecular formula is C21H9F8N3O5. The standard InChI is InChI=1S/C21H9F8N3O5/c22-16-7-11(32(36)37)8-17(23)18(16)19(33)30-9-1-3-12(14(5-9)20(24,25)26)13-4-2-10(31(34)35)6-15(13)21(27,28)29/h1-8H,(H,30,33). The number of hydrogen-bond acceptors (Lipinski definition) is 5. The molecule has 0 atom stereocenters. The molecule has 3 aromatic carbocycles. The minimum Gasteiger partial charge on any atom is -0.322 e. The number of carbonyl (C=O) groups excluding carboxylic acids is 1. The van der Waals surface area contributed by atoms with Crippen molar-refractivity contribution in [3.63, 3.8) is 0 Å². The van der Waals surface area contributed by atoms with Crippen LogP contribution in [0.1, 0.15) is 21.5 Å². The van der Waals surface area contributed by atoms with Gasteiger partial charge in [0.1, 0.15) is 17.2 Å². The molecule has 37 heavy (non-hydrogen) atoms. The van der Waals surface area contributed by atoms with E-state index in [-0.39, 0.29) is 24.3 Å². The van der Waals surface area contributed by atoms with Crippen molar-refractivity contribution in [1.29, 1.82) is 0 Å². The molecule has 194 valence electrons. The Kier molecular flexibility index (Phi) is 6.88. The molecule has 16 heteroatoms. The third-order valence-electron chi connectivity index (χ3n) is 4.86. The maximum absolute atomic E-state index is 14.1. The van der Waals surface area contributed by atoms with Crippen molar-refractivity contribution >= 4 is 23.0 Å². The fraction of sp³-hybridized carbons (Fsp3) is 0.0952. The van der Waals surface area contributed by atoms with Crippen molar-refractivity contribution in [2.24, 2.45) is 0 Å². The zero-order chi connectivity index (χ0) is 27.9. The van der Waals surface area contributed by atoms with E-state index in [2.05, 4.69) is 0 Å². The first-order valence-electron chi connectivity index (χ1n) is 9.52. The Hall–Kier alpha value is -4.63. The number of anilines is 1. The van der Waals surface area contributed by atoms with E-state index in [0.717, 1.165) is 0 Å². The first-order chi connectivity index (χ1) is 17.0. The van der Waals surface area contributed by atoms with Crippen LogP contribution in [-0.4, -0.2) is 15.8 Å². The summed E-state index contributed by atoms with van der Waals surface area (Å²) in [6.07, 6.45) is -10.6. The number of nitro benzene ring substituents is 2. The lowest BCUT2D eigenvalue weighted by Crippen LogP contribution is -2.17. The number of carbonyl (C=O) groups is 1. The lowest BCUT2D eigenvalue weighted by atomic mass is 9.93. The molecule has 0 spiro atoms. The third kappa shape index (κ3) is 5.62. The van der Waals surface area contributed by atoms with Gasteiger partial charge in [0.2, 0.25) is 0 Å². The van der Waals surface area contributed by atoms with E-state index in [1.165, 1.54) is 0 Å². The smallest absolute Gasteiger partial charge is 0.322 e. The number of nitrogens with one attached hydrogen (secondary N) is 1. The number of non-ortho nitro benzene ring substituents is 2. The van der Waals surface area contributed by atoms with E-state index in [0.29, 0.717) is 24.3 Å². The second kappa shape index (κ2) is 9.44. The normalized spacial score (nSPS) is 11.8. The quantitative estimate of drug-likeness (QED) is 0.221. The van der Waals surface area contributed by atoms with E-state index in [1.807, 2.05) is 0 Å².